The van der Waals surface area contributed by atoms with Crippen LogP contribution in [0.4, 0.5) is 5.69 Å². The molecule has 1 unspecified atom stereocenters. The fourth-order valence-corrected chi connectivity index (χ4v) is 5.06. The van der Waals surface area contributed by atoms with E-state index in [9.17, 15) is 5.11 Å². The smallest absolute Gasteiger partial charge is 0.139 e. The number of nitrogens with zero attached hydrogens (tertiary/aromatic N) is 3. The van der Waals surface area contributed by atoms with E-state index in [1.165, 1.54) is 16.1 Å². The summed E-state index contributed by atoms with van der Waals surface area (Å²) in [6.07, 6.45) is 0.862. The van der Waals surface area contributed by atoms with Gasteiger partial charge in [-0.25, -0.2) is 4.98 Å². The molecule has 3 aromatic rings. The van der Waals surface area contributed by atoms with Gasteiger partial charge in [-0.1, -0.05) is 49.0 Å². The van der Waals surface area contributed by atoms with Crippen LogP contribution in [0.25, 0.3) is 5.70 Å². The fourth-order valence-electron chi connectivity index (χ4n) is 4.03. The van der Waals surface area contributed by atoms with Gasteiger partial charge in [0.15, 0.2) is 0 Å². The third kappa shape index (κ3) is 5.38. The molecular weight excluding hydrogens is 416 g/mol. The Kier molecular flexibility index (Phi) is 7.25. The second-order valence-corrected chi connectivity index (χ2v) is 9.52. The molecule has 1 aliphatic rings. The molecule has 1 saturated heterocycles. The minimum atomic E-state index is -0.198. The quantitative estimate of drug-likeness (QED) is 0.544. The van der Waals surface area contributed by atoms with Gasteiger partial charge in [0.05, 0.1) is 24.0 Å². The first kappa shape index (κ1) is 22.5. The molecule has 0 radical (unpaired) electrons. The van der Waals surface area contributed by atoms with Crippen LogP contribution in [-0.4, -0.2) is 54.8 Å². The number of hydrogen-bond acceptors (Lipinski definition) is 6. The largest absolute Gasteiger partial charge is 0.394 e. The number of rotatable bonds is 8. The van der Waals surface area contributed by atoms with Gasteiger partial charge in [-0.05, 0) is 37.2 Å². The van der Waals surface area contributed by atoms with Crippen molar-refractivity contribution in [2.75, 3.05) is 44.7 Å². The van der Waals surface area contributed by atoms with Gasteiger partial charge in [0.2, 0.25) is 0 Å². The van der Waals surface area contributed by atoms with Crippen molar-refractivity contribution in [2.24, 2.45) is 0 Å². The lowest BCUT2D eigenvalue weighted by atomic mass is 10.1. The molecule has 4 rings (SSSR count). The first-order valence-electron chi connectivity index (χ1n) is 11.1. The Morgan fingerprint density at radius 3 is 2.59 bits per heavy atom. The van der Waals surface area contributed by atoms with E-state index in [0.717, 1.165) is 54.6 Å². The van der Waals surface area contributed by atoms with Gasteiger partial charge in [0.1, 0.15) is 5.01 Å². The Hall–Kier alpha value is -2.67. The molecule has 0 bridgehead atoms. The van der Waals surface area contributed by atoms with Crippen molar-refractivity contribution in [3.63, 3.8) is 0 Å². The molecule has 2 heterocycles. The third-order valence-corrected chi connectivity index (χ3v) is 7.24. The van der Waals surface area contributed by atoms with Crippen LogP contribution in [0.15, 0.2) is 61.2 Å². The van der Waals surface area contributed by atoms with Gasteiger partial charge < -0.3 is 20.2 Å². The Bertz CT molecular complexity index is 1040. The van der Waals surface area contributed by atoms with Crippen LogP contribution in [0.1, 0.15) is 32.7 Å². The number of aryl methyl sites for hydroxylation is 1. The number of anilines is 1. The van der Waals surface area contributed by atoms with Crippen molar-refractivity contribution < 1.29 is 5.11 Å². The highest BCUT2D eigenvalue weighted by molar-refractivity contribution is 7.12. The average molecular weight is 449 g/mol. The van der Waals surface area contributed by atoms with Crippen LogP contribution < -0.4 is 10.2 Å². The highest BCUT2D eigenvalue weighted by Gasteiger charge is 2.17. The summed E-state index contributed by atoms with van der Waals surface area (Å²) in [4.78, 5) is 10.9. The molecule has 2 aromatic carbocycles. The molecule has 0 spiro atoms. The van der Waals surface area contributed by atoms with Crippen LogP contribution in [0.3, 0.4) is 0 Å². The molecular formula is C26H32N4OS. The summed E-state index contributed by atoms with van der Waals surface area (Å²) < 4.78 is 0. The Morgan fingerprint density at radius 1 is 1.12 bits per heavy atom. The Morgan fingerprint density at radius 2 is 1.88 bits per heavy atom. The average Bonchev–Trinajstić information content (AvgIpc) is 3.18. The van der Waals surface area contributed by atoms with Crippen molar-refractivity contribution >= 4 is 22.7 Å². The number of hydrogen-bond donors (Lipinski definition) is 2. The van der Waals surface area contributed by atoms with Crippen LogP contribution in [0.2, 0.25) is 0 Å². The lowest BCUT2D eigenvalue weighted by molar-refractivity contribution is 0.256. The minimum absolute atomic E-state index is 0.000663. The predicted octanol–water partition coefficient (Wildman–Crippen LogP) is 4.09. The Labute approximate surface area is 195 Å². The van der Waals surface area contributed by atoms with Gasteiger partial charge >= 0.3 is 0 Å². The molecule has 1 aliphatic heterocycles. The lowest BCUT2D eigenvalue weighted by Gasteiger charge is -2.34. The maximum Gasteiger partial charge on any atom is 0.139 e. The molecule has 2 N–H and O–H groups in total. The van der Waals surface area contributed by atoms with Crippen molar-refractivity contribution in [3.05, 3.63) is 87.9 Å². The number of aromatic nitrogens is 1. The van der Waals surface area contributed by atoms with Gasteiger partial charge in [0.25, 0.3) is 0 Å². The maximum absolute atomic E-state index is 9.85. The highest BCUT2D eigenvalue weighted by Crippen LogP contribution is 2.28. The normalized spacial score (nSPS) is 15.5. The van der Waals surface area contributed by atoms with Gasteiger partial charge in [-0.3, -0.25) is 0 Å². The van der Waals surface area contributed by atoms with E-state index >= 15 is 0 Å². The lowest BCUT2D eigenvalue weighted by Crippen LogP contribution is -2.44. The first-order valence-corrected chi connectivity index (χ1v) is 12.0. The molecule has 1 fully saturated rings. The standard InChI is InChI=1S/C26H32N4OS/c1-19-25(17-21-8-7-11-23(16-21)30-14-12-29(3)13-15-30)32-26(28-19)20(2)27-24(18-31)22-9-5-4-6-10-22/h4-11,16,24,27,31H,2,12-15,17-18H2,1,3H3. The van der Waals surface area contributed by atoms with Gasteiger partial charge in [0, 0.05) is 43.2 Å². The summed E-state index contributed by atoms with van der Waals surface area (Å²) in [7, 11) is 2.18. The number of aliphatic hydroxyl groups excluding tert-OH is 1. The van der Waals surface area contributed by atoms with Crippen molar-refractivity contribution in [3.8, 4) is 0 Å². The Balaban J connectivity index is 1.44. The van der Waals surface area contributed by atoms with Gasteiger partial charge in [-0.2, -0.15) is 0 Å². The molecule has 0 aliphatic carbocycles. The third-order valence-electron chi connectivity index (χ3n) is 6.03. The van der Waals surface area contributed by atoms with Crippen molar-refractivity contribution in [2.45, 2.75) is 19.4 Å². The second-order valence-electron chi connectivity index (χ2n) is 8.43. The highest BCUT2D eigenvalue weighted by atomic mass is 32.1. The molecule has 1 aromatic heterocycles. The van der Waals surface area contributed by atoms with E-state index in [1.807, 2.05) is 30.3 Å². The molecule has 6 heteroatoms. The molecule has 0 amide bonds. The number of likely N-dealkylation sites (N-methyl/N-ethyl adjacent to an activating group) is 1. The molecule has 1 atom stereocenters. The second kappa shape index (κ2) is 10.3. The van der Waals surface area contributed by atoms with Crippen LogP contribution in [0.5, 0.6) is 0 Å². The van der Waals surface area contributed by atoms with Crippen molar-refractivity contribution in [1.82, 2.24) is 15.2 Å². The van der Waals surface area contributed by atoms with E-state index in [-0.39, 0.29) is 12.6 Å². The summed E-state index contributed by atoms with van der Waals surface area (Å²) in [5.41, 5.74) is 5.43. The summed E-state index contributed by atoms with van der Waals surface area (Å²) in [6.45, 7) is 10.6. The van der Waals surface area contributed by atoms with E-state index in [1.54, 1.807) is 11.3 Å². The summed E-state index contributed by atoms with van der Waals surface area (Å²) >= 11 is 1.68. The SMILES string of the molecule is C=C(NC(CO)c1ccccc1)c1nc(C)c(Cc2cccc(N3CCN(C)CC3)c2)s1. The van der Waals surface area contributed by atoms with Crippen molar-refractivity contribution in [1.29, 1.82) is 0 Å². The number of thiazole rings is 1. The fraction of sp³-hybridized carbons (Fsp3) is 0.346. The van der Waals surface area contributed by atoms with E-state index in [2.05, 4.69) is 59.9 Å². The zero-order valence-corrected chi connectivity index (χ0v) is 19.7. The van der Waals surface area contributed by atoms with Crippen LogP contribution in [-0.2, 0) is 6.42 Å². The first-order chi connectivity index (χ1) is 15.5. The zero-order valence-electron chi connectivity index (χ0n) is 18.9. The summed E-state index contributed by atoms with van der Waals surface area (Å²) in [5.74, 6) is 0. The maximum atomic E-state index is 9.85. The predicted molar refractivity (Wildman–Crippen MR) is 134 cm³/mol. The number of nitrogens with one attached hydrogen (secondary N) is 1. The molecule has 0 saturated carbocycles. The molecule has 32 heavy (non-hydrogen) atoms. The number of benzene rings is 2. The van der Waals surface area contributed by atoms with E-state index < -0.39 is 0 Å². The van der Waals surface area contributed by atoms with Crippen LogP contribution in [0, 0.1) is 6.92 Å². The van der Waals surface area contributed by atoms with Crippen LogP contribution >= 0.6 is 11.3 Å². The van der Waals surface area contributed by atoms with Gasteiger partial charge in [-0.15, -0.1) is 11.3 Å². The summed E-state index contributed by atoms with van der Waals surface area (Å²) in [5, 5.41) is 14.1. The molecule has 168 valence electrons. The zero-order chi connectivity index (χ0) is 22.5. The van der Waals surface area contributed by atoms with E-state index in [4.69, 9.17) is 4.98 Å². The molecule has 5 nitrogen and oxygen atoms in total. The number of aliphatic hydroxyl groups is 1. The number of piperazine rings is 1. The minimum Gasteiger partial charge on any atom is -0.394 e. The summed E-state index contributed by atoms with van der Waals surface area (Å²) in [6, 6.07) is 18.6. The monoisotopic (exact) mass is 448 g/mol. The topological polar surface area (TPSA) is 51.6 Å². The van der Waals surface area contributed by atoms with E-state index in [0.29, 0.717) is 0 Å².